The Labute approximate surface area is 404 Å². The van der Waals surface area contributed by atoms with E-state index in [1.54, 1.807) is 24.3 Å². The summed E-state index contributed by atoms with van der Waals surface area (Å²) < 4.78 is 16.4. The number of unbranched alkanes of at least 4 members (excludes halogenated alkanes) is 24. The molecule has 2 aromatic rings. The van der Waals surface area contributed by atoms with Gasteiger partial charge in [-0.05, 0) is 42.7 Å². The molecule has 0 aromatic heterocycles. The minimum absolute atomic E-state index is 0.00732. The second kappa shape index (κ2) is 40.2. The first kappa shape index (κ1) is 58.3. The van der Waals surface area contributed by atoms with Crippen LogP contribution in [0.5, 0.6) is 0 Å². The second-order valence-corrected chi connectivity index (χ2v) is 19.1. The molecule has 0 spiro atoms. The first-order valence-corrected chi connectivity index (χ1v) is 27.2. The number of esters is 3. The number of methoxy groups -OCH3 is 1. The van der Waals surface area contributed by atoms with Gasteiger partial charge in [-0.15, -0.1) is 0 Å². The van der Waals surface area contributed by atoms with Gasteiger partial charge in [0.05, 0.1) is 7.11 Å². The van der Waals surface area contributed by atoms with E-state index in [-0.39, 0.29) is 30.9 Å². The molecule has 0 fully saturated rings. The van der Waals surface area contributed by atoms with Crippen molar-refractivity contribution in [3.8, 4) is 0 Å². The monoisotopic (exact) mass is 937 g/mol. The van der Waals surface area contributed by atoms with Gasteiger partial charge in [-0.1, -0.05) is 198 Å². The molecular formula is C55H88N2O8S. The molecule has 0 heterocycles. The molecule has 2 aromatic carbocycles. The van der Waals surface area contributed by atoms with Crippen molar-refractivity contribution < 1.29 is 38.2 Å². The fraction of sp³-hybridized carbons (Fsp3) is 0.691. The van der Waals surface area contributed by atoms with Crippen LogP contribution in [0, 0.1) is 0 Å². The first-order chi connectivity index (χ1) is 32.2. The van der Waals surface area contributed by atoms with Gasteiger partial charge >= 0.3 is 17.9 Å². The van der Waals surface area contributed by atoms with Crippen molar-refractivity contribution in [2.75, 3.05) is 30.5 Å². The quantitative estimate of drug-likeness (QED) is 0.0379. The number of anilines is 1. The molecule has 0 aliphatic carbocycles. The van der Waals surface area contributed by atoms with Crippen LogP contribution < -0.4 is 10.6 Å². The molecule has 0 saturated carbocycles. The van der Waals surface area contributed by atoms with Crippen molar-refractivity contribution in [2.24, 2.45) is 0 Å². The smallest absolute Gasteiger partial charge is 0.328 e. The molecule has 372 valence electrons. The van der Waals surface area contributed by atoms with Crippen LogP contribution in [0.15, 0.2) is 54.6 Å². The van der Waals surface area contributed by atoms with Crippen molar-refractivity contribution in [3.63, 3.8) is 0 Å². The number of benzene rings is 2. The van der Waals surface area contributed by atoms with E-state index in [9.17, 15) is 24.0 Å². The van der Waals surface area contributed by atoms with Crippen LogP contribution in [0.3, 0.4) is 0 Å². The number of thioether (sulfide) groups is 1. The van der Waals surface area contributed by atoms with Gasteiger partial charge in [-0.3, -0.25) is 19.2 Å². The van der Waals surface area contributed by atoms with Crippen LogP contribution >= 0.6 is 11.8 Å². The van der Waals surface area contributed by atoms with E-state index in [1.165, 1.54) is 147 Å². The summed E-state index contributed by atoms with van der Waals surface area (Å²) in [5.41, 5.74) is 1.76. The van der Waals surface area contributed by atoms with E-state index in [4.69, 9.17) is 14.2 Å². The largest absolute Gasteiger partial charge is 0.467 e. The molecule has 0 saturated heterocycles. The Morgan fingerprint density at radius 3 is 1.52 bits per heavy atom. The fourth-order valence-corrected chi connectivity index (χ4v) is 8.85. The van der Waals surface area contributed by atoms with Crippen LogP contribution in [0.1, 0.15) is 216 Å². The molecule has 11 heteroatoms. The minimum Gasteiger partial charge on any atom is -0.467 e. The highest BCUT2D eigenvalue weighted by Gasteiger charge is 2.23. The summed E-state index contributed by atoms with van der Waals surface area (Å²) in [6, 6.07) is 15.0. The van der Waals surface area contributed by atoms with Crippen LogP contribution in [0.25, 0.3) is 0 Å². The Balaban J connectivity index is 1.75. The fourth-order valence-electron chi connectivity index (χ4n) is 7.93. The lowest BCUT2D eigenvalue weighted by Crippen LogP contribution is -2.43. The third-order valence-electron chi connectivity index (χ3n) is 12.0. The summed E-state index contributed by atoms with van der Waals surface area (Å²) in [5, 5.41) is 5.62. The van der Waals surface area contributed by atoms with Crippen LogP contribution in [-0.2, 0) is 39.8 Å². The standard InChI is InChI=1S/C55H88N2O8S/c1-4-6-8-10-12-14-16-18-20-22-24-26-31-35-52(59)64-44-49(65-53(60)36-32-27-25-23-21-19-17-15-13-11-9-7-5-2)45-66-42-41-51(58)56-48-39-37-47(38-40-48)54(61)57-50(55(62)63-3)43-46-33-29-28-30-34-46/h28-30,33-34,37-40,49-50H,4-27,31-32,35-36,41-45H2,1-3H3,(H,56,58)(H,57,61). The van der Waals surface area contributed by atoms with Gasteiger partial charge in [-0.2, -0.15) is 11.8 Å². The molecule has 0 radical (unpaired) electrons. The van der Waals surface area contributed by atoms with E-state index >= 15 is 0 Å². The number of nitrogens with one attached hydrogen (secondary N) is 2. The Morgan fingerprint density at radius 1 is 0.561 bits per heavy atom. The highest BCUT2D eigenvalue weighted by molar-refractivity contribution is 7.99. The summed E-state index contributed by atoms with van der Waals surface area (Å²) in [6.07, 6.45) is 32.8. The Kier molecular flexibility index (Phi) is 35.5. The van der Waals surface area contributed by atoms with Gasteiger partial charge in [0.1, 0.15) is 18.8 Å². The van der Waals surface area contributed by atoms with Crippen LogP contribution in [-0.4, -0.2) is 67.1 Å². The maximum atomic E-state index is 13.0. The highest BCUT2D eigenvalue weighted by atomic mass is 32.2. The molecule has 2 atom stereocenters. The van der Waals surface area contributed by atoms with Crippen molar-refractivity contribution in [1.82, 2.24) is 5.32 Å². The van der Waals surface area contributed by atoms with Gasteiger partial charge in [-0.25, -0.2) is 4.79 Å². The summed E-state index contributed by atoms with van der Waals surface area (Å²) in [5.74, 6) is -0.826. The number of amides is 2. The van der Waals surface area contributed by atoms with Crippen LogP contribution in [0.2, 0.25) is 0 Å². The number of carbonyl (C=O) groups excluding carboxylic acids is 5. The Hall–Kier alpha value is -3.86. The summed E-state index contributed by atoms with van der Waals surface area (Å²) in [6.45, 7) is 4.52. The molecule has 0 aliphatic heterocycles. The first-order valence-electron chi connectivity index (χ1n) is 26.0. The van der Waals surface area contributed by atoms with Gasteiger partial charge in [0.25, 0.3) is 5.91 Å². The van der Waals surface area contributed by atoms with E-state index < -0.39 is 24.0 Å². The number of hydrogen-bond donors (Lipinski definition) is 2. The van der Waals surface area contributed by atoms with Crippen molar-refractivity contribution >= 4 is 47.2 Å². The molecule has 0 aliphatic rings. The molecule has 2 amide bonds. The highest BCUT2D eigenvalue weighted by Crippen LogP contribution is 2.18. The lowest BCUT2D eigenvalue weighted by Gasteiger charge is -2.18. The zero-order valence-corrected chi connectivity index (χ0v) is 42.2. The van der Waals surface area contributed by atoms with Gasteiger partial charge in [0.15, 0.2) is 0 Å². The molecule has 2 unspecified atom stereocenters. The molecule has 66 heavy (non-hydrogen) atoms. The normalized spacial score (nSPS) is 12.0. The van der Waals surface area contributed by atoms with Gasteiger partial charge in [0, 0.05) is 48.4 Å². The average molecular weight is 937 g/mol. The zero-order valence-electron chi connectivity index (χ0n) is 41.4. The average Bonchev–Trinajstić information content (AvgIpc) is 3.32. The second-order valence-electron chi connectivity index (χ2n) is 18.0. The minimum atomic E-state index is -0.852. The van der Waals surface area contributed by atoms with E-state index in [0.717, 1.165) is 44.1 Å². The molecule has 2 rings (SSSR count). The number of rotatable bonds is 42. The predicted molar refractivity (Wildman–Crippen MR) is 272 cm³/mol. The van der Waals surface area contributed by atoms with Gasteiger partial charge in [0.2, 0.25) is 5.91 Å². The predicted octanol–water partition coefficient (Wildman–Crippen LogP) is 13.7. The van der Waals surface area contributed by atoms with Crippen molar-refractivity contribution in [3.05, 3.63) is 65.7 Å². The molecular weight excluding hydrogens is 849 g/mol. The van der Waals surface area contributed by atoms with Crippen molar-refractivity contribution in [2.45, 2.75) is 219 Å². The number of hydrogen-bond acceptors (Lipinski definition) is 9. The third-order valence-corrected chi connectivity index (χ3v) is 13.1. The number of carbonyl (C=O) groups is 5. The molecule has 0 bridgehead atoms. The third kappa shape index (κ3) is 31.2. The summed E-state index contributed by atoms with van der Waals surface area (Å²) in [4.78, 5) is 63.9. The lowest BCUT2D eigenvalue weighted by atomic mass is 10.0. The molecule has 10 nitrogen and oxygen atoms in total. The topological polar surface area (TPSA) is 137 Å². The number of ether oxygens (including phenoxy) is 3. The Morgan fingerprint density at radius 2 is 1.03 bits per heavy atom. The van der Waals surface area contributed by atoms with E-state index in [2.05, 4.69) is 24.5 Å². The van der Waals surface area contributed by atoms with Crippen LogP contribution in [0.4, 0.5) is 5.69 Å². The maximum Gasteiger partial charge on any atom is 0.328 e. The molecule has 2 N–H and O–H groups in total. The Bertz CT molecular complexity index is 1560. The van der Waals surface area contributed by atoms with E-state index in [0.29, 0.717) is 42.0 Å². The lowest BCUT2D eigenvalue weighted by molar-refractivity contribution is -0.157. The zero-order chi connectivity index (χ0) is 47.7. The SMILES string of the molecule is CCCCCCCCCCCCCCCC(=O)OCC(CSCCC(=O)Nc1ccc(C(=O)NC(Cc2ccccc2)C(=O)OC)cc1)OC(=O)CCCCCCCCCCCCCCC. The van der Waals surface area contributed by atoms with Crippen molar-refractivity contribution in [1.29, 1.82) is 0 Å². The van der Waals surface area contributed by atoms with E-state index in [1.807, 2.05) is 30.3 Å². The summed E-state index contributed by atoms with van der Waals surface area (Å²) >= 11 is 1.48. The van der Waals surface area contributed by atoms with Gasteiger partial charge < -0.3 is 24.8 Å². The maximum absolute atomic E-state index is 13.0. The summed E-state index contributed by atoms with van der Waals surface area (Å²) in [7, 11) is 1.29.